The highest BCUT2D eigenvalue weighted by Crippen LogP contribution is 2.21. The van der Waals surface area contributed by atoms with Crippen LogP contribution in [0.25, 0.3) is 22.5 Å². The molecule has 2 atom stereocenters. The average molecular weight is 813 g/mol. The molecule has 0 bridgehead atoms. The van der Waals surface area contributed by atoms with Crippen LogP contribution in [0, 0.1) is 0 Å². The lowest BCUT2D eigenvalue weighted by Crippen LogP contribution is -2.42. The number of ether oxygens (including phenoxy) is 1. The van der Waals surface area contributed by atoms with Gasteiger partial charge in [0.25, 0.3) is 0 Å². The van der Waals surface area contributed by atoms with Crippen LogP contribution in [-0.4, -0.2) is 89.9 Å². The van der Waals surface area contributed by atoms with Crippen LogP contribution >= 0.6 is 0 Å². The Labute approximate surface area is 350 Å². The first-order valence-electron chi connectivity index (χ1n) is 20.1. The molecule has 0 radical (unpaired) electrons. The number of carboxylic acid groups (broad SMARTS) is 1. The number of aliphatic carboxylic acids is 1. The van der Waals surface area contributed by atoms with Crippen molar-refractivity contribution >= 4 is 23.5 Å². The van der Waals surface area contributed by atoms with Gasteiger partial charge in [0.2, 0.25) is 0 Å². The number of rotatable bonds is 21. The summed E-state index contributed by atoms with van der Waals surface area (Å²) in [6.45, 7) is 7.07. The zero-order valence-corrected chi connectivity index (χ0v) is 34.2. The summed E-state index contributed by atoms with van der Waals surface area (Å²) >= 11 is 0. The van der Waals surface area contributed by atoms with Gasteiger partial charge in [-0.05, 0) is 81.1 Å². The van der Waals surface area contributed by atoms with Gasteiger partial charge in [-0.25, -0.2) is 0 Å². The molecule has 0 unspecified atom stereocenters. The number of benzene rings is 2. The number of aromatic nitrogens is 6. The predicted octanol–water partition coefficient (Wildman–Crippen LogP) is 5.20. The van der Waals surface area contributed by atoms with E-state index in [4.69, 9.17) is 9.84 Å². The molecule has 0 amide bonds. The maximum absolute atomic E-state index is 13.2. The Kier molecular flexibility index (Phi) is 17.1. The molecular weight excluding hydrogens is 761 g/mol. The molecule has 6 rings (SSSR count). The zero-order chi connectivity index (χ0) is 42.7. The molecule has 0 fully saturated rings. The summed E-state index contributed by atoms with van der Waals surface area (Å²) in [4.78, 5) is 57.2. The second-order valence-electron chi connectivity index (χ2n) is 13.9. The fourth-order valence-corrected chi connectivity index (χ4v) is 6.60. The molecule has 0 aliphatic rings. The number of carbonyl (C=O) groups excluding carboxylic acids is 3. The molecule has 0 spiro atoms. The van der Waals surface area contributed by atoms with Gasteiger partial charge in [0.05, 0.1) is 56.0 Å². The van der Waals surface area contributed by atoms with Gasteiger partial charge in [-0.2, -0.15) is 10.2 Å². The molecule has 60 heavy (non-hydrogen) atoms. The lowest BCUT2D eigenvalue weighted by atomic mass is 9.99. The van der Waals surface area contributed by atoms with E-state index in [-0.39, 0.29) is 43.5 Å². The number of nitrogens with zero attached hydrogens (tertiary/aromatic N) is 6. The maximum atomic E-state index is 13.2. The molecule has 14 nitrogen and oxygen atoms in total. The number of ketones is 2. The molecule has 0 aliphatic carbocycles. The molecule has 14 heteroatoms. The van der Waals surface area contributed by atoms with Gasteiger partial charge < -0.3 is 9.84 Å². The van der Waals surface area contributed by atoms with E-state index >= 15 is 0 Å². The molecule has 6 aromatic rings. The molecule has 4 heterocycles. The zero-order valence-electron chi connectivity index (χ0n) is 34.2. The monoisotopic (exact) mass is 812 g/mol. The number of nitrogens with one attached hydrogen (secondary N) is 2. The topological polar surface area (TPSA) is 183 Å². The van der Waals surface area contributed by atoms with Gasteiger partial charge in [-0.15, -0.1) is 0 Å². The van der Waals surface area contributed by atoms with Crippen molar-refractivity contribution in [1.29, 1.82) is 0 Å². The Morgan fingerprint density at radius 3 is 1.42 bits per heavy atom. The maximum Gasteiger partial charge on any atom is 0.319 e. The van der Waals surface area contributed by atoms with Crippen molar-refractivity contribution in [3.63, 3.8) is 0 Å². The third-order valence-corrected chi connectivity index (χ3v) is 9.63. The summed E-state index contributed by atoms with van der Waals surface area (Å²) in [5.41, 5.74) is 7.14. The van der Waals surface area contributed by atoms with Crippen LogP contribution in [0.1, 0.15) is 43.3 Å². The quantitative estimate of drug-likeness (QED) is 0.0809. The van der Waals surface area contributed by atoms with Gasteiger partial charge in [0.1, 0.15) is 0 Å². The van der Waals surface area contributed by atoms with Gasteiger partial charge in [0.15, 0.2) is 11.6 Å². The van der Waals surface area contributed by atoms with Crippen molar-refractivity contribution in [3.05, 3.63) is 144 Å². The summed E-state index contributed by atoms with van der Waals surface area (Å²) in [6, 6.07) is 29.7. The van der Waals surface area contributed by atoms with E-state index in [9.17, 15) is 19.2 Å². The van der Waals surface area contributed by atoms with Crippen LogP contribution in [0.4, 0.5) is 0 Å². The Morgan fingerprint density at radius 1 is 0.617 bits per heavy atom. The van der Waals surface area contributed by atoms with Crippen LogP contribution < -0.4 is 10.6 Å². The number of Topliss-reactive ketones (excluding diaryl/α,β-unsaturated/α-hetero) is 2. The lowest BCUT2D eigenvalue weighted by Gasteiger charge is -2.18. The number of carboxylic acids is 1. The Hall–Kier alpha value is -6.64. The van der Waals surface area contributed by atoms with E-state index in [2.05, 4.69) is 30.8 Å². The smallest absolute Gasteiger partial charge is 0.319 e. The van der Waals surface area contributed by atoms with Gasteiger partial charge >= 0.3 is 11.9 Å². The van der Waals surface area contributed by atoms with Crippen molar-refractivity contribution in [3.8, 4) is 22.5 Å². The molecule has 0 saturated heterocycles. The normalized spacial score (nSPS) is 11.8. The van der Waals surface area contributed by atoms with Crippen LogP contribution in [0.5, 0.6) is 0 Å². The van der Waals surface area contributed by atoms with Gasteiger partial charge in [0, 0.05) is 60.4 Å². The van der Waals surface area contributed by atoms with E-state index in [1.165, 1.54) is 0 Å². The van der Waals surface area contributed by atoms with Crippen molar-refractivity contribution in [2.75, 3.05) is 19.7 Å². The summed E-state index contributed by atoms with van der Waals surface area (Å²) in [5, 5.41) is 24.2. The first-order valence-corrected chi connectivity index (χ1v) is 20.1. The van der Waals surface area contributed by atoms with Crippen molar-refractivity contribution < 1.29 is 29.0 Å². The molecule has 2 aromatic carbocycles. The Balaban J connectivity index is 0.000000228. The second-order valence-corrected chi connectivity index (χ2v) is 13.9. The van der Waals surface area contributed by atoms with Gasteiger partial charge in [-0.3, -0.25) is 49.1 Å². The Morgan fingerprint density at radius 2 is 1.03 bits per heavy atom. The predicted molar refractivity (Wildman–Crippen MR) is 228 cm³/mol. The minimum atomic E-state index is -0.991. The summed E-state index contributed by atoms with van der Waals surface area (Å²) in [6.07, 6.45) is 8.19. The minimum Gasteiger partial charge on any atom is -0.480 e. The SMILES string of the molecule is CCOC(=O)CN[C@@H](Cc1ccccc1)C(=O)Cc1cc(-c2ccncc2)nn1CC.CCn1nc(-c2ccncc2)cc1CC(=O)[C@H](Cc1ccccc1)NCC(=O)O. The van der Waals surface area contributed by atoms with Crippen LogP contribution in [0.3, 0.4) is 0 Å². The molecule has 3 N–H and O–H groups in total. The largest absolute Gasteiger partial charge is 0.480 e. The molecule has 0 aliphatic heterocycles. The van der Waals surface area contributed by atoms with Gasteiger partial charge in [-0.1, -0.05) is 60.7 Å². The number of aryl methyl sites for hydroxylation is 2. The highest BCUT2D eigenvalue weighted by Gasteiger charge is 2.24. The standard InChI is InChI=1S/C24H28N4O3.C22H24N4O3/c1-3-28-20(15-21(27-28)19-10-12-25-13-11-19)16-23(29)22(26-17-24(30)31-4-2)14-18-8-6-5-7-9-18;1-2-26-18(13-19(25-26)17-8-10-23-11-9-17)14-21(27)20(24-15-22(28)29)12-16-6-4-3-5-7-16/h5-13,15,22,26H,3-4,14,16-17H2,1-2H3;3-11,13,20,24H,2,12,14-15H2,1H3,(H,28,29)/t22-;20-/m00/s1. The van der Waals surface area contributed by atoms with Crippen molar-refractivity contribution in [1.82, 2.24) is 40.2 Å². The highest BCUT2D eigenvalue weighted by molar-refractivity contribution is 5.87. The van der Waals surface area contributed by atoms with Crippen molar-refractivity contribution in [2.24, 2.45) is 0 Å². The fourth-order valence-electron chi connectivity index (χ4n) is 6.60. The summed E-state index contributed by atoms with van der Waals surface area (Å²) in [5.74, 6) is -1.42. The van der Waals surface area contributed by atoms with Crippen LogP contribution in [0.2, 0.25) is 0 Å². The van der Waals surface area contributed by atoms with E-state index in [1.807, 2.05) is 120 Å². The van der Waals surface area contributed by atoms with Crippen LogP contribution in [0.15, 0.2) is 122 Å². The van der Waals surface area contributed by atoms with E-state index < -0.39 is 18.1 Å². The van der Waals surface area contributed by atoms with E-state index in [0.717, 1.165) is 45.0 Å². The number of pyridine rings is 2. The third-order valence-electron chi connectivity index (χ3n) is 9.63. The molecular formula is C46H52N8O6. The molecule has 312 valence electrons. The molecule has 0 saturated carbocycles. The third kappa shape index (κ3) is 13.5. The first-order chi connectivity index (χ1) is 29.2. The van der Waals surface area contributed by atoms with E-state index in [0.29, 0.717) is 32.5 Å². The summed E-state index contributed by atoms with van der Waals surface area (Å²) < 4.78 is 8.65. The number of hydrogen-bond donors (Lipinski definition) is 3. The lowest BCUT2D eigenvalue weighted by molar-refractivity contribution is -0.142. The highest BCUT2D eigenvalue weighted by atomic mass is 16.5. The van der Waals surface area contributed by atoms with Crippen LogP contribution in [-0.2, 0) is 62.7 Å². The average Bonchev–Trinajstić information content (AvgIpc) is 3.89. The minimum absolute atomic E-state index is 0.00373. The molecule has 4 aromatic heterocycles. The Bertz CT molecular complexity index is 2260. The number of hydrogen-bond acceptors (Lipinski definition) is 11. The number of esters is 1. The van der Waals surface area contributed by atoms with E-state index in [1.54, 1.807) is 31.7 Å². The second kappa shape index (κ2) is 23.1. The first kappa shape index (κ1) is 44.5. The summed E-state index contributed by atoms with van der Waals surface area (Å²) in [7, 11) is 0. The fraction of sp³-hybridized carbons (Fsp3) is 0.304. The number of carbonyl (C=O) groups is 4. The van der Waals surface area contributed by atoms with Crippen molar-refractivity contribution in [2.45, 2.75) is 71.6 Å².